The van der Waals surface area contributed by atoms with Crippen molar-refractivity contribution in [1.82, 2.24) is 4.57 Å². The Hall–Kier alpha value is -8.26. The molecule has 11 aromatic carbocycles. The molecule has 1 heterocycles. The first kappa shape index (κ1) is 37.5. The second-order valence-electron chi connectivity index (χ2n) is 16.8. The van der Waals surface area contributed by atoms with Gasteiger partial charge in [0.1, 0.15) is 0 Å². The van der Waals surface area contributed by atoms with Crippen molar-refractivity contribution in [3.8, 4) is 50.2 Å². The number of fused-ring (bicyclic) bond motifs is 5. The maximum Gasteiger partial charge on any atom is 0.0541 e. The summed E-state index contributed by atoms with van der Waals surface area (Å²) in [6.45, 7) is 0. The highest BCUT2D eigenvalue weighted by atomic mass is 15.0. The lowest BCUT2D eigenvalue weighted by atomic mass is 9.80. The number of hydrogen-bond donors (Lipinski definition) is 0. The van der Waals surface area contributed by atoms with Crippen LogP contribution in [0, 0.1) is 0 Å². The van der Waals surface area contributed by atoms with Crippen molar-refractivity contribution in [1.29, 1.82) is 0 Å². The Kier molecular flexibility index (Phi) is 9.31. The summed E-state index contributed by atoms with van der Waals surface area (Å²) in [6.07, 6.45) is 0. The van der Waals surface area contributed by atoms with Crippen molar-refractivity contribution in [2.75, 3.05) is 0 Å². The van der Waals surface area contributed by atoms with Crippen molar-refractivity contribution < 1.29 is 0 Å². The molecule has 0 N–H and O–H groups in total. The summed E-state index contributed by atoms with van der Waals surface area (Å²) in [6, 6.07) is 93.8. The lowest BCUT2D eigenvalue weighted by Gasteiger charge is -2.24. The minimum absolute atomic E-state index is 0.0650. The molecule has 0 amide bonds. The molecule has 0 saturated carbocycles. The monoisotopic (exact) mass is 813 g/mol. The van der Waals surface area contributed by atoms with Crippen LogP contribution in [0.25, 0.3) is 93.5 Å². The van der Waals surface area contributed by atoms with Gasteiger partial charge in [-0.25, -0.2) is 0 Å². The minimum Gasteiger partial charge on any atom is -0.309 e. The van der Waals surface area contributed by atoms with E-state index in [-0.39, 0.29) is 5.92 Å². The van der Waals surface area contributed by atoms with Gasteiger partial charge in [-0.2, -0.15) is 0 Å². The maximum absolute atomic E-state index is 2.44. The molecule has 0 radical (unpaired) electrons. The molecular weight excluding hydrogens is 771 g/mol. The molecule has 1 atom stereocenters. The first-order valence-electron chi connectivity index (χ1n) is 22.2. The largest absolute Gasteiger partial charge is 0.309 e. The zero-order chi connectivity index (χ0) is 42.4. The number of hydrogen-bond acceptors (Lipinski definition) is 0. The average molecular weight is 814 g/mol. The van der Waals surface area contributed by atoms with Gasteiger partial charge in [0.2, 0.25) is 0 Å². The Morgan fingerprint density at radius 1 is 0.266 bits per heavy atom. The van der Waals surface area contributed by atoms with Crippen LogP contribution >= 0.6 is 0 Å². The van der Waals surface area contributed by atoms with Gasteiger partial charge in [0, 0.05) is 22.4 Å². The number of para-hydroxylation sites is 2. The van der Waals surface area contributed by atoms with Crippen LogP contribution in [0.4, 0.5) is 0 Å². The fraction of sp³-hybridized carbons (Fsp3) is 0.0159. The van der Waals surface area contributed by atoms with Crippen LogP contribution in [0.5, 0.6) is 0 Å². The third kappa shape index (κ3) is 6.58. The number of rotatable bonds is 8. The smallest absolute Gasteiger partial charge is 0.0541 e. The van der Waals surface area contributed by atoms with Gasteiger partial charge in [0.05, 0.1) is 11.0 Å². The zero-order valence-electron chi connectivity index (χ0n) is 35.3. The van der Waals surface area contributed by atoms with E-state index in [0.717, 1.165) is 5.69 Å². The molecule has 0 fully saturated rings. The van der Waals surface area contributed by atoms with E-state index in [1.54, 1.807) is 0 Å². The molecule has 64 heavy (non-hydrogen) atoms. The summed E-state index contributed by atoms with van der Waals surface area (Å²) in [4.78, 5) is 0. The third-order valence-corrected chi connectivity index (χ3v) is 13.1. The average Bonchev–Trinajstić information content (AvgIpc) is 3.71. The molecule has 0 aliphatic rings. The SMILES string of the molecule is c1ccc(-c2cc(-c3ccccc3C(c3ccc(-c4cccc5ccccc45)cc3)c3cccc(-c4cccc5ccccc45)c3)cc(-n3c4ccccc4c4ccccc43)c2)cc1. The molecule has 1 unspecified atom stereocenters. The standard InChI is InChI=1S/C63H43N/c1-2-17-43(18-3-1)50-40-51(42-52(41-50)64-61-33-12-10-28-58(61)59-29-11-13-34-62(59)64)57-27-8-9-30-60(57)63(47-37-35-46(36-38-47)55-31-15-21-44-19-4-6-25-53(44)55)49-24-14-23-48(39-49)56-32-16-22-45-20-5-7-26-54(45)56/h1-42,63H. The van der Waals surface area contributed by atoms with E-state index in [2.05, 4.69) is 259 Å². The summed E-state index contributed by atoms with van der Waals surface area (Å²) in [7, 11) is 0. The van der Waals surface area contributed by atoms with E-state index < -0.39 is 0 Å². The molecule has 1 nitrogen and oxygen atoms in total. The summed E-state index contributed by atoms with van der Waals surface area (Å²) in [5.74, 6) is -0.0650. The lowest BCUT2D eigenvalue weighted by Crippen LogP contribution is -2.06. The van der Waals surface area contributed by atoms with Crippen LogP contribution in [-0.4, -0.2) is 4.57 Å². The first-order valence-corrected chi connectivity index (χ1v) is 22.2. The summed E-state index contributed by atoms with van der Waals surface area (Å²) < 4.78 is 2.44. The highest BCUT2D eigenvalue weighted by Crippen LogP contribution is 2.43. The fourth-order valence-electron chi connectivity index (χ4n) is 10.2. The Balaban J connectivity index is 1.08. The number of aromatic nitrogens is 1. The topological polar surface area (TPSA) is 4.93 Å². The molecule has 0 saturated heterocycles. The summed E-state index contributed by atoms with van der Waals surface area (Å²) in [5.41, 5.74) is 16.9. The Labute approximate surface area is 373 Å². The zero-order valence-corrected chi connectivity index (χ0v) is 35.3. The molecule has 0 spiro atoms. The van der Waals surface area contributed by atoms with Gasteiger partial charge in [0.15, 0.2) is 0 Å². The molecule has 12 rings (SSSR count). The molecule has 12 aromatic rings. The maximum atomic E-state index is 2.44. The van der Waals surface area contributed by atoms with Crippen molar-refractivity contribution in [2.45, 2.75) is 5.92 Å². The Morgan fingerprint density at radius 3 is 1.45 bits per heavy atom. The normalized spacial score (nSPS) is 12.0. The number of benzene rings is 11. The highest BCUT2D eigenvalue weighted by Gasteiger charge is 2.23. The van der Waals surface area contributed by atoms with Crippen molar-refractivity contribution in [3.05, 3.63) is 271 Å². The minimum atomic E-state index is -0.0650. The van der Waals surface area contributed by atoms with E-state index >= 15 is 0 Å². The van der Waals surface area contributed by atoms with E-state index in [1.807, 2.05) is 0 Å². The van der Waals surface area contributed by atoms with Crippen LogP contribution in [0.15, 0.2) is 255 Å². The molecular formula is C63H43N. The molecule has 1 heteroatoms. The summed E-state index contributed by atoms with van der Waals surface area (Å²) in [5, 5.41) is 7.52. The van der Waals surface area contributed by atoms with Gasteiger partial charge in [-0.05, 0) is 113 Å². The first-order chi connectivity index (χ1) is 31.7. The van der Waals surface area contributed by atoms with E-state index in [1.165, 1.54) is 105 Å². The second kappa shape index (κ2) is 15.9. The predicted molar refractivity (Wildman–Crippen MR) is 271 cm³/mol. The molecule has 0 aliphatic carbocycles. The van der Waals surface area contributed by atoms with Gasteiger partial charge in [-0.1, -0.05) is 224 Å². The Bertz CT molecular complexity index is 3600. The van der Waals surface area contributed by atoms with Gasteiger partial charge in [-0.15, -0.1) is 0 Å². The second-order valence-corrected chi connectivity index (χ2v) is 16.8. The quantitative estimate of drug-likeness (QED) is 0.135. The van der Waals surface area contributed by atoms with E-state index in [0.29, 0.717) is 0 Å². The molecule has 0 aliphatic heterocycles. The van der Waals surface area contributed by atoms with Gasteiger partial charge >= 0.3 is 0 Å². The van der Waals surface area contributed by atoms with Crippen LogP contribution in [0.2, 0.25) is 0 Å². The van der Waals surface area contributed by atoms with Crippen LogP contribution in [0.1, 0.15) is 22.6 Å². The van der Waals surface area contributed by atoms with Crippen LogP contribution in [0.3, 0.4) is 0 Å². The highest BCUT2D eigenvalue weighted by molar-refractivity contribution is 6.09. The lowest BCUT2D eigenvalue weighted by molar-refractivity contribution is 0.980. The van der Waals surface area contributed by atoms with Gasteiger partial charge < -0.3 is 4.57 Å². The van der Waals surface area contributed by atoms with Crippen molar-refractivity contribution in [2.24, 2.45) is 0 Å². The van der Waals surface area contributed by atoms with E-state index in [9.17, 15) is 0 Å². The third-order valence-electron chi connectivity index (χ3n) is 13.1. The van der Waals surface area contributed by atoms with Gasteiger partial charge in [-0.3, -0.25) is 0 Å². The number of nitrogens with zero attached hydrogens (tertiary/aromatic N) is 1. The fourth-order valence-corrected chi connectivity index (χ4v) is 10.2. The predicted octanol–water partition coefficient (Wildman–Crippen LogP) is 16.9. The molecule has 0 bridgehead atoms. The van der Waals surface area contributed by atoms with E-state index in [4.69, 9.17) is 0 Å². The summed E-state index contributed by atoms with van der Waals surface area (Å²) >= 11 is 0. The van der Waals surface area contributed by atoms with Crippen LogP contribution < -0.4 is 0 Å². The molecule has 300 valence electrons. The Morgan fingerprint density at radius 2 is 0.766 bits per heavy atom. The van der Waals surface area contributed by atoms with Crippen molar-refractivity contribution in [3.63, 3.8) is 0 Å². The van der Waals surface area contributed by atoms with Crippen molar-refractivity contribution >= 4 is 43.4 Å². The van der Waals surface area contributed by atoms with Gasteiger partial charge in [0.25, 0.3) is 0 Å². The molecule has 1 aromatic heterocycles. The van der Waals surface area contributed by atoms with Crippen LogP contribution in [-0.2, 0) is 0 Å².